The number of thioether (sulfide) groups is 1. The molecule has 0 spiro atoms. The van der Waals surface area contributed by atoms with Gasteiger partial charge in [-0.25, -0.2) is 0 Å². The first-order valence-electron chi connectivity index (χ1n) is 7.43. The molecule has 0 saturated carbocycles. The number of carbonyl (C=O) groups excluding carboxylic acids is 1. The molecule has 1 amide bonds. The van der Waals surface area contributed by atoms with Crippen molar-refractivity contribution in [2.45, 2.75) is 50.8 Å². The zero-order valence-corrected chi connectivity index (χ0v) is 13.6. The molecule has 1 aliphatic heterocycles. The molecule has 1 atom stereocenters. The second kappa shape index (κ2) is 6.66. The first-order chi connectivity index (χ1) is 9.46. The third-order valence-corrected chi connectivity index (χ3v) is 4.90. The van der Waals surface area contributed by atoms with Crippen molar-refractivity contribution >= 4 is 17.7 Å². The van der Waals surface area contributed by atoms with Crippen LogP contribution in [-0.4, -0.2) is 33.9 Å². The van der Waals surface area contributed by atoms with Crippen LogP contribution in [0.5, 0.6) is 0 Å². The van der Waals surface area contributed by atoms with Gasteiger partial charge in [-0.15, -0.1) is 11.8 Å². The minimum Gasteiger partial charge on any atom is -0.339 e. The quantitative estimate of drug-likeness (QED) is 0.842. The molecule has 2 nitrogen and oxygen atoms in total. The van der Waals surface area contributed by atoms with Crippen LogP contribution in [0.1, 0.15) is 39.2 Å². The lowest BCUT2D eigenvalue weighted by Crippen LogP contribution is -2.38. The van der Waals surface area contributed by atoms with E-state index in [9.17, 15) is 4.79 Å². The molecule has 1 heterocycles. The Labute approximate surface area is 126 Å². The molecule has 0 aliphatic carbocycles. The molecule has 0 bridgehead atoms. The van der Waals surface area contributed by atoms with Crippen LogP contribution in [0.15, 0.2) is 30.3 Å². The first-order valence-corrected chi connectivity index (χ1v) is 8.41. The number of likely N-dealkylation sites (tertiary alicyclic amines) is 1. The van der Waals surface area contributed by atoms with Crippen LogP contribution in [0.2, 0.25) is 0 Å². The summed E-state index contributed by atoms with van der Waals surface area (Å²) in [4.78, 5) is 14.5. The SMILES string of the molecule is CC(C)(C)SCC(=O)N1CCCC1Cc1ccccc1. The highest BCUT2D eigenvalue weighted by atomic mass is 32.2. The van der Waals surface area contributed by atoms with E-state index in [1.807, 2.05) is 6.07 Å². The number of benzene rings is 1. The highest BCUT2D eigenvalue weighted by Crippen LogP contribution is 2.26. The van der Waals surface area contributed by atoms with E-state index in [1.165, 1.54) is 5.56 Å². The van der Waals surface area contributed by atoms with E-state index in [1.54, 1.807) is 11.8 Å². The highest BCUT2D eigenvalue weighted by molar-refractivity contribution is 8.01. The summed E-state index contributed by atoms with van der Waals surface area (Å²) in [6.07, 6.45) is 3.27. The lowest BCUT2D eigenvalue weighted by Gasteiger charge is -2.26. The van der Waals surface area contributed by atoms with Crippen LogP contribution >= 0.6 is 11.8 Å². The predicted molar refractivity (Wildman–Crippen MR) is 87.1 cm³/mol. The standard InChI is InChI=1S/C17H25NOS/c1-17(2,3)20-13-16(19)18-11-7-10-15(18)12-14-8-5-4-6-9-14/h4-6,8-9,15H,7,10-13H2,1-3H3. The molecular weight excluding hydrogens is 266 g/mol. The molecule has 0 radical (unpaired) electrons. The van der Waals surface area contributed by atoms with Crippen LogP contribution in [0.25, 0.3) is 0 Å². The molecule has 1 aromatic rings. The predicted octanol–water partition coefficient (Wildman–Crippen LogP) is 3.75. The zero-order valence-electron chi connectivity index (χ0n) is 12.8. The molecule has 1 fully saturated rings. The summed E-state index contributed by atoms with van der Waals surface area (Å²) >= 11 is 1.75. The monoisotopic (exact) mass is 291 g/mol. The maximum absolute atomic E-state index is 12.4. The Morgan fingerprint density at radius 1 is 1.30 bits per heavy atom. The van der Waals surface area contributed by atoms with Crippen LogP contribution in [-0.2, 0) is 11.2 Å². The van der Waals surface area contributed by atoms with E-state index in [0.717, 1.165) is 25.8 Å². The van der Waals surface area contributed by atoms with Gasteiger partial charge in [0.05, 0.1) is 5.75 Å². The summed E-state index contributed by atoms with van der Waals surface area (Å²) < 4.78 is 0.157. The summed E-state index contributed by atoms with van der Waals surface area (Å²) in [5, 5.41) is 0. The Morgan fingerprint density at radius 3 is 2.65 bits per heavy atom. The summed E-state index contributed by atoms with van der Waals surface area (Å²) in [6, 6.07) is 10.9. The molecule has 0 N–H and O–H groups in total. The zero-order chi connectivity index (χ0) is 14.6. The third kappa shape index (κ3) is 4.55. The van der Waals surface area contributed by atoms with E-state index in [0.29, 0.717) is 17.7 Å². The van der Waals surface area contributed by atoms with Crippen molar-refractivity contribution in [3.8, 4) is 0 Å². The molecule has 1 aliphatic rings. The topological polar surface area (TPSA) is 20.3 Å². The molecule has 1 unspecified atom stereocenters. The smallest absolute Gasteiger partial charge is 0.232 e. The molecule has 3 heteroatoms. The molecule has 20 heavy (non-hydrogen) atoms. The van der Waals surface area contributed by atoms with Crippen molar-refractivity contribution in [1.29, 1.82) is 0 Å². The second-order valence-electron chi connectivity index (χ2n) is 6.47. The average Bonchev–Trinajstić information content (AvgIpc) is 2.84. The molecule has 1 aromatic carbocycles. The number of hydrogen-bond acceptors (Lipinski definition) is 2. The summed E-state index contributed by atoms with van der Waals surface area (Å²) in [5.74, 6) is 0.915. The van der Waals surface area contributed by atoms with Crippen molar-refractivity contribution in [2.75, 3.05) is 12.3 Å². The number of rotatable bonds is 4. The van der Waals surface area contributed by atoms with E-state index in [-0.39, 0.29) is 4.75 Å². The largest absolute Gasteiger partial charge is 0.339 e. The van der Waals surface area contributed by atoms with Gasteiger partial charge in [0.15, 0.2) is 0 Å². The van der Waals surface area contributed by atoms with Gasteiger partial charge in [-0.1, -0.05) is 51.1 Å². The van der Waals surface area contributed by atoms with E-state index >= 15 is 0 Å². The Morgan fingerprint density at radius 2 is 2.00 bits per heavy atom. The fraction of sp³-hybridized carbons (Fsp3) is 0.588. The van der Waals surface area contributed by atoms with Gasteiger partial charge in [-0.05, 0) is 24.8 Å². The Balaban J connectivity index is 1.92. The second-order valence-corrected chi connectivity index (χ2v) is 8.28. The lowest BCUT2D eigenvalue weighted by atomic mass is 10.0. The van der Waals surface area contributed by atoms with Gasteiger partial charge in [0.25, 0.3) is 0 Å². The molecule has 2 rings (SSSR count). The summed E-state index contributed by atoms with van der Waals surface area (Å²) in [6.45, 7) is 7.42. The van der Waals surface area contributed by atoms with Gasteiger partial charge in [0, 0.05) is 17.3 Å². The molecular formula is C17H25NOS. The minimum atomic E-state index is 0.157. The van der Waals surface area contributed by atoms with Crippen LogP contribution in [0, 0.1) is 0 Å². The highest BCUT2D eigenvalue weighted by Gasteiger charge is 2.29. The van der Waals surface area contributed by atoms with Crippen molar-refractivity contribution < 1.29 is 4.79 Å². The van der Waals surface area contributed by atoms with Gasteiger partial charge in [0.2, 0.25) is 5.91 Å². The van der Waals surface area contributed by atoms with Crippen LogP contribution in [0.4, 0.5) is 0 Å². The van der Waals surface area contributed by atoms with Gasteiger partial charge in [0.1, 0.15) is 0 Å². The normalized spacial score (nSPS) is 19.4. The minimum absolute atomic E-state index is 0.157. The Hall–Kier alpha value is -0.960. The number of nitrogens with zero attached hydrogens (tertiary/aromatic N) is 1. The van der Waals surface area contributed by atoms with E-state index in [4.69, 9.17) is 0 Å². The van der Waals surface area contributed by atoms with Crippen molar-refractivity contribution in [2.24, 2.45) is 0 Å². The van der Waals surface area contributed by atoms with Crippen LogP contribution in [0.3, 0.4) is 0 Å². The van der Waals surface area contributed by atoms with Crippen molar-refractivity contribution in [3.05, 3.63) is 35.9 Å². The molecule has 0 aromatic heterocycles. The Kier molecular flexibility index (Phi) is 5.14. The maximum atomic E-state index is 12.4. The van der Waals surface area contributed by atoms with Gasteiger partial charge in [-0.3, -0.25) is 4.79 Å². The maximum Gasteiger partial charge on any atom is 0.232 e. The number of hydrogen-bond donors (Lipinski definition) is 0. The fourth-order valence-corrected chi connectivity index (χ4v) is 3.35. The molecule has 110 valence electrons. The van der Waals surface area contributed by atoms with Gasteiger partial charge in [-0.2, -0.15) is 0 Å². The lowest BCUT2D eigenvalue weighted by molar-refractivity contribution is -0.129. The third-order valence-electron chi connectivity index (χ3n) is 3.64. The van der Waals surface area contributed by atoms with E-state index in [2.05, 4.69) is 49.9 Å². The van der Waals surface area contributed by atoms with Gasteiger partial charge >= 0.3 is 0 Å². The summed E-state index contributed by atoms with van der Waals surface area (Å²) in [5.41, 5.74) is 1.33. The van der Waals surface area contributed by atoms with Crippen molar-refractivity contribution in [1.82, 2.24) is 4.90 Å². The number of amides is 1. The van der Waals surface area contributed by atoms with Crippen LogP contribution < -0.4 is 0 Å². The van der Waals surface area contributed by atoms with Gasteiger partial charge < -0.3 is 4.90 Å². The Bertz CT molecular complexity index is 438. The van der Waals surface area contributed by atoms with E-state index < -0.39 is 0 Å². The summed E-state index contributed by atoms with van der Waals surface area (Å²) in [7, 11) is 0. The first kappa shape index (κ1) is 15.4. The fourth-order valence-electron chi connectivity index (χ4n) is 2.62. The van der Waals surface area contributed by atoms with Crippen molar-refractivity contribution in [3.63, 3.8) is 0 Å². The average molecular weight is 291 g/mol. The number of carbonyl (C=O) groups is 1. The molecule has 1 saturated heterocycles.